The molecule has 0 aliphatic heterocycles. The van der Waals surface area contributed by atoms with Crippen molar-refractivity contribution >= 4 is 11.3 Å². The van der Waals surface area contributed by atoms with E-state index in [0.29, 0.717) is 0 Å². The van der Waals surface area contributed by atoms with Crippen LogP contribution in [0.25, 0.3) is 0 Å². The SMILES string of the molecule is CCc1scc(CNC2CC2)c1C. The molecule has 72 valence electrons. The van der Waals surface area contributed by atoms with Gasteiger partial charge in [-0.2, -0.15) is 0 Å². The van der Waals surface area contributed by atoms with E-state index in [-0.39, 0.29) is 0 Å². The molecule has 13 heavy (non-hydrogen) atoms. The molecule has 1 saturated carbocycles. The van der Waals surface area contributed by atoms with Crippen LogP contribution in [0.1, 0.15) is 35.8 Å². The third kappa shape index (κ3) is 2.12. The van der Waals surface area contributed by atoms with Crippen molar-refractivity contribution in [3.63, 3.8) is 0 Å². The predicted octanol–water partition coefficient (Wildman–Crippen LogP) is 2.87. The third-order valence-electron chi connectivity index (χ3n) is 2.72. The lowest BCUT2D eigenvalue weighted by molar-refractivity contribution is 0.686. The van der Waals surface area contributed by atoms with Gasteiger partial charge in [0.25, 0.3) is 0 Å². The van der Waals surface area contributed by atoms with Crippen molar-refractivity contribution in [2.75, 3.05) is 0 Å². The summed E-state index contributed by atoms with van der Waals surface area (Å²) in [5.74, 6) is 0. The van der Waals surface area contributed by atoms with E-state index in [4.69, 9.17) is 0 Å². The zero-order valence-electron chi connectivity index (χ0n) is 8.39. The summed E-state index contributed by atoms with van der Waals surface area (Å²) in [6.07, 6.45) is 3.94. The molecule has 0 aromatic carbocycles. The first-order valence-electron chi connectivity index (χ1n) is 5.10. The minimum atomic E-state index is 0.823. The number of hydrogen-bond donors (Lipinski definition) is 1. The Labute approximate surface area is 84.2 Å². The van der Waals surface area contributed by atoms with Crippen LogP contribution in [0.15, 0.2) is 5.38 Å². The molecule has 1 nitrogen and oxygen atoms in total. The van der Waals surface area contributed by atoms with Gasteiger partial charge in [0.05, 0.1) is 0 Å². The lowest BCUT2D eigenvalue weighted by atomic mass is 10.1. The van der Waals surface area contributed by atoms with Gasteiger partial charge < -0.3 is 5.32 Å². The van der Waals surface area contributed by atoms with Crippen molar-refractivity contribution in [2.45, 2.75) is 45.7 Å². The summed E-state index contributed by atoms with van der Waals surface area (Å²) >= 11 is 1.91. The maximum atomic E-state index is 3.56. The van der Waals surface area contributed by atoms with E-state index in [1.165, 1.54) is 30.4 Å². The van der Waals surface area contributed by atoms with Gasteiger partial charge in [-0.1, -0.05) is 6.92 Å². The van der Waals surface area contributed by atoms with E-state index in [1.54, 1.807) is 4.88 Å². The highest BCUT2D eigenvalue weighted by molar-refractivity contribution is 7.10. The van der Waals surface area contributed by atoms with Gasteiger partial charge in [-0.3, -0.25) is 0 Å². The molecule has 0 spiro atoms. The van der Waals surface area contributed by atoms with Crippen molar-refractivity contribution < 1.29 is 0 Å². The molecule has 1 N–H and O–H groups in total. The standard InChI is InChI=1S/C11H17NS/c1-3-11-8(2)9(7-13-11)6-12-10-4-5-10/h7,10,12H,3-6H2,1-2H3. The first-order valence-corrected chi connectivity index (χ1v) is 5.98. The Balaban J connectivity index is 1.97. The minimum absolute atomic E-state index is 0.823. The van der Waals surface area contributed by atoms with E-state index < -0.39 is 0 Å². The molecule has 0 unspecified atom stereocenters. The lowest BCUT2D eigenvalue weighted by Crippen LogP contribution is -2.15. The molecular weight excluding hydrogens is 178 g/mol. The molecule has 1 aromatic rings. The molecule has 0 amide bonds. The van der Waals surface area contributed by atoms with Crippen molar-refractivity contribution in [1.82, 2.24) is 5.32 Å². The fraction of sp³-hybridized carbons (Fsp3) is 0.636. The summed E-state index contributed by atoms with van der Waals surface area (Å²) in [7, 11) is 0. The topological polar surface area (TPSA) is 12.0 Å². The number of thiophene rings is 1. The van der Waals surface area contributed by atoms with Gasteiger partial charge in [0.15, 0.2) is 0 Å². The van der Waals surface area contributed by atoms with Crippen LogP contribution in [-0.4, -0.2) is 6.04 Å². The molecular formula is C11H17NS. The first-order chi connectivity index (χ1) is 6.31. The summed E-state index contributed by atoms with van der Waals surface area (Å²) in [6.45, 7) is 5.56. The second kappa shape index (κ2) is 3.81. The monoisotopic (exact) mass is 195 g/mol. The highest BCUT2D eigenvalue weighted by Gasteiger charge is 2.20. The average Bonchev–Trinajstić information content (AvgIpc) is 2.89. The fourth-order valence-corrected chi connectivity index (χ4v) is 2.58. The molecule has 1 aliphatic rings. The van der Waals surface area contributed by atoms with E-state index in [9.17, 15) is 0 Å². The largest absolute Gasteiger partial charge is 0.310 e. The van der Waals surface area contributed by atoms with Gasteiger partial charge in [0.1, 0.15) is 0 Å². The van der Waals surface area contributed by atoms with Gasteiger partial charge in [0, 0.05) is 17.5 Å². The van der Waals surface area contributed by atoms with Gasteiger partial charge in [-0.05, 0) is 42.7 Å². The average molecular weight is 195 g/mol. The summed E-state index contributed by atoms with van der Waals surface area (Å²) in [5, 5.41) is 5.87. The number of hydrogen-bond acceptors (Lipinski definition) is 2. The van der Waals surface area contributed by atoms with E-state index in [2.05, 4.69) is 24.5 Å². The Morgan fingerprint density at radius 2 is 2.31 bits per heavy atom. The normalized spacial score (nSPS) is 16.5. The van der Waals surface area contributed by atoms with Crippen LogP contribution in [0.5, 0.6) is 0 Å². The van der Waals surface area contributed by atoms with Crippen LogP contribution < -0.4 is 5.32 Å². The van der Waals surface area contributed by atoms with Crippen LogP contribution in [0.3, 0.4) is 0 Å². The quantitative estimate of drug-likeness (QED) is 0.779. The Bertz CT molecular complexity index is 286. The maximum Gasteiger partial charge on any atom is 0.0219 e. The Morgan fingerprint density at radius 1 is 1.54 bits per heavy atom. The Hall–Kier alpha value is -0.340. The molecule has 1 heterocycles. The Morgan fingerprint density at radius 3 is 2.85 bits per heavy atom. The summed E-state index contributed by atoms with van der Waals surface area (Å²) in [4.78, 5) is 1.55. The minimum Gasteiger partial charge on any atom is -0.310 e. The molecule has 1 fully saturated rings. The van der Waals surface area contributed by atoms with E-state index in [0.717, 1.165) is 12.6 Å². The Kier molecular flexibility index (Phi) is 2.70. The second-order valence-corrected chi connectivity index (χ2v) is 4.78. The molecule has 1 aliphatic carbocycles. The maximum absolute atomic E-state index is 3.56. The highest BCUT2D eigenvalue weighted by Crippen LogP contribution is 2.24. The highest BCUT2D eigenvalue weighted by atomic mass is 32.1. The van der Waals surface area contributed by atoms with Crippen molar-refractivity contribution in [1.29, 1.82) is 0 Å². The van der Waals surface area contributed by atoms with Crippen LogP contribution in [0, 0.1) is 6.92 Å². The molecule has 0 atom stereocenters. The molecule has 2 rings (SSSR count). The summed E-state index contributed by atoms with van der Waals surface area (Å²) in [5.41, 5.74) is 3.02. The van der Waals surface area contributed by atoms with Crippen molar-refractivity contribution in [2.24, 2.45) is 0 Å². The van der Waals surface area contributed by atoms with E-state index >= 15 is 0 Å². The summed E-state index contributed by atoms with van der Waals surface area (Å²) in [6, 6.07) is 0.823. The second-order valence-electron chi connectivity index (χ2n) is 3.82. The zero-order chi connectivity index (χ0) is 9.26. The van der Waals surface area contributed by atoms with Crippen LogP contribution in [0.4, 0.5) is 0 Å². The number of aryl methyl sites for hydroxylation is 1. The van der Waals surface area contributed by atoms with Crippen molar-refractivity contribution in [3.8, 4) is 0 Å². The molecule has 2 heteroatoms. The summed E-state index contributed by atoms with van der Waals surface area (Å²) < 4.78 is 0. The van der Waals surface area contributed by atoms with Gasteiger partial charge in [0.2, 0.25) is 0 Å². The molecule has 0 radical (unpaired) electrons. The van der Waals surface area contributed by atoms with E-state index in [1.807, 2.05) is 11.3 Å². The third-order valence-corrected chi connectivity index (χ3v) is 4.00. The smallest absolute Gasteiger partial charge is 0.0219 e. The van der Waals surface area contributed by atoms with Gasteiger partial charge in [-0.25, -0.2) is 0 Å². The number of nitrogens with one attached hydrogen (secondary N) is 1. The van der Waals surface area contributed by atoms with Crippen molar-refractivity contribution in [3.05, 3.63) is 21.4 Å². The van der Waals surface area contributed by atoms with Crippen LogP contribution in [-0.2, 0) is 13.0 Å². The van der Waals surface area contributed by atoms with Crippen LogP contribution >= 0.6 is 11.3 Å². The zero-order valence-corrected chi connectivity index (χ0v) is 9.21. The fourth-order valence-electron chi connectivity index (χ4n) is 1.56. The molecule has 0 saturated heterocycles. The predicted molar refractivity (Wildman–Crippen MR) is 58.3 cm³/mol. The molecule has 1 aromatic heterocycles. The first kappa shape index (κ1) is 9.22. The van der Waals surface area contributed by atoms with Gasteiger partial charge >= 0.3 is 0 Å². The van der Waals surface area contributed by atoms with Crippen LogP contribution in [0.2, 0.25) is 0 Å². The lowest BCUT2D eigenvalue weighted by Gasteiger charge is -2.02. The molecule has 0 bridgehead atoms. The van der Waals surface area contributed by atoms with Gasteiger partial charge in [-0.15, -0.1) is 11.3 Å². The number of rotatable bonds is 4.